The summed E-state index contributed by atoms with van der Waals surface area (Å²) in [6.07, 6.45) is -1.60. The number of amides is 1. The third-order valence-corrected chi connectivity index (χ3v) is 13.1. The van der Waals surface area contributed by atoms with Crippen molar-refractivity contribution >= 4 is 33.9 Å². The molecule has 0 aliphatic carbocycles. The van der Waals surface area contributed by atoms with Crippen LogP contribution in [0.5, 0.6) is 0 Å². The van der Waals surface area contributed by atoms with Crippen LogP contribution in [0.2, 0.25) is 37.8 Å². The number of benzene rings is 1. The van der Waals surface area contributed by atoms with E-state index in [1.54, 1.807) is 40.9 Å². The van der Waals surface area contributed by atoms with Gasteiger partial charge in [0.2, 0.25) is 5.60 Å². The fourth-order valence-electron chi connectivity index (χ4n) is 4.27. The van der Waals surface area contributed by atoms with Crippen LogP contribution in [0.4, 0.5) is 5.82 Å². The number of aromatic nitrogens is 3. The Bertz CT molecular complexity index is 1410. The van der Waals surface area contributed by atoms with Gasteiger partial charge in [-0.05, 0) is 62.0 Å². The Kier molecular flexibility index (Phi) is 8.12. The van der Waals surface area contributed by atoms with Gasteiger partial charge in [0.15, 0.2) is 22.5 Å². The van der Waals surface area contributed by atoms with Gasteiger partial charge in [0.1, 0.15) is 36.2 Å². The predicted molar refractivity (Wildman–Crippen MR) is 157 cm³/mol. The monoisotopic (exact) mass is 581 g/mol. The molecule has 1 aromatic carbocycles. The first-order chi connectivity index (χ1) is 18.6. The number of hydrogen-bond donors (Lipinski definition) is 2. The van der Waals surface area contributed by atoms with Gasteiger partial charge in [-0.15, -0.1) is 0 Å². The molecule has 2 N–H and O–H groups in total. The van der Waals surface area contributed by atoms with Crippen LogP contribution in [-0.4, -0.2) is 66.7 Å². The number of anilines is 1. The lowest BCUT2D eigenvalue weighted by atomic mass is 9.96. The Labute approximate surface area is 237 Å². The zero-order valence-corrected chi connectivity index (χ0v) is 26.4. The van der Waals surface area contributed by atoms with Crippen molar-refractivity contribution < 1.29 is 23.5 Å². The number of rotatable bonds is 8. The Morgan fingerprint density at radius 3 is 2.45 bits per heavy atom. The van der Waals surface area contributed by atoms with Gasteiger partial charge in [0, 0.05) is 5.56 Å². The van der Waals surface area contributed by atoms with E-state index in [2.05, 4.69) is 55.3 Å². The molecule has 4 atom stereocenters. The largest absolute Gasteiger partial charge is 0.413 e. The second kappa shape index (κ2) is 10.8. The van der Waals surface area contributed by atoms with E-state index in [-0.39, 0.29) is 17.6 Å². The first kappa shape index (κ1) is 30.0. The number of nitrogens with one attached hydrogen (secondary N) is 1. The molecule has 0 saturated carbocycles. The molecule has 0 bridgehead atoms. The van der Waals surface area contributed by atoms with Crippen molar-refractivity contribution in [2.75, 3.05) is 11.9 Å². The van der Waals surface area contributed by atoms with Crippen LogP contribution in [-0.2, 0) is 13.6 Å². The maximum Gasteiger partial charge on any atom is 0.256 e. The van der Waals surface area contributed by atoms with E-state index in [4.69, 9.17) is 13.6 Å². The lowest BCUT2D eigenvalue weighted by Gasteiger charge is -2.40. The van der Waals surface area contributed by atoms with Crippen molar-refractivity contribution in [3.05, 3.63) is 60.0 Å². The highest BCUT2D eigenvalue weighted by atomic mass is 28.4. The lowest BCUT2D eigenvalue weighted by Crippen LogP contribution is -2.52. The van der Waals surface area contributed by atoms with Crippen LogP contribution in [0.15, 0.2) is 48.8 Å². The summed E-state index contributed by atoms with van der Waals surface area (Å²) in [4.78, 5) is 17.1. The molecule has 40 heavy (non-hydrogen) atoms. The van der Waals surface area contributed by atoms with E-state index in [1.807, 2.05) is 25.7 Å². The molecule has 2 aromatic heterocycles. The third kappa shape index (κ3) is 5.90. The van der Waals surface area contributed by atoms with Crippen molar-refractivity contribution in [3.63, 3.8) is 0 Å². The second-order valence-corrected chi connectivity index (χ2v) is 22.0. The number of carbonyl (C=O) groups excluding carboxylic acids is 1. The number of aliphatic hydroxyl groups excluding tert-OH is 1. The molecule has 4 rings (SSSR count). The van der Waals surface area contributed by atoms with E-state index in [9.17, 15) is 15.2 Å². The van der Waals surface area contributed by atoms with Gasteiger partial charge in [-0.2, -0.15) is 10.4 Å². The second-order valence-electron chi connectivity index (χ2n) is 12.7. The van der Waals surface area contributed by atoms with Gasteiger partial charge in [0.25, 0.3) is 5.91 Å². The van der Waals surface area contributed by atoms with Gasteiger partial charge in [-0.25, -0.2) is 9.50 Å². The molecule has 10 nitrogen and oxygen atoms in total. The van der Waals surface area contributed by atoms with E-state index in [0.29, 0.717) is 22.6 Å². The van der Waals surface area contributed by atoms with Crippen molar-refractivity contribution in [3.8, 4) is 6.07 Å². The molecule has 0 radical (unpaired) electrons. The standard InChI is InChI=1S/C28H39N5O5Si2/c1-27(2,3)40(7,8)38-23-22(37-28(16-29,24(23)34)17-36-39(4,5)6)20-14-15-21-25(30-18-31-33(20)21)32-26(35)19-12-10-9-11-13-19/h9-15,18,22-24,34H,17H2,1-8H3,(H,30,31,32,35)/t22-,23-,24-,28?/m0/s1. The molecule has 1 fully saturated rings. The van der Waals surface area contributed by atoms with Crippen LogP contribution in [0.3, 0.4) is 0 Å². The maximum atomic E-state index is 12.8. The van der Waals surface area contributed by atoms with E-state index < -0.39 is 40.5 Å². The van der Waals surface area contributed by atoms with Crippen LogP contribution >= 0.6 is 0 Å². The lowest BCUT2D eigenvalue weighted by molar-refractivity contribution is -0.0706. The van der Waals surface area contributed by atoms with Crippen molar-refractivity contribution in [1.82, 2.24) is 14.6 Å². The fourth-order valence-corrected chi connectivity index (χ4v) is 6.20. The molecule has 214 valence electrons. The smallest absolute Gasteiger partial charge is 0.256 e. The number of fused-ring (bicyclic) bond motifs is 1. The molecule has 1 unspecified atom stereocenters. The molecule has 12 heteroatoms. The average Bonchev–Trinajstić information content (AvgIpc) is 3.42. The van der Waals surface area contributed by atoms with Crippen molar-refractivity contribution in [2.45, 2.75) is 82.5 Å². The summed E-state index contributed by atoms with van der Waals surface area (Å²) < 4.78 is 20.9. The molecule has 0 spiro atoms. The minimum absolute atomic E-state index is 0.0784. The highest BCUT2D eigenvalue weighted by Crippen LogP contribution is 2.47. The third-order valence-electron chi connectivity index (χ3n) is 7.61. The number of nitriles is 1. The predicted octanol–water partition coefficient (Wildman–Crippen LogP) is 4.92. The van der Waals surface area contributed by atoms with Gasteiger partial charge in [-0.1, -0.05) is 39.0 Å². The normalized spacial score (nSPS) is 23.8. The molecular formula is C28H39N5O5Si2. The number of aliphatic hydroxyl groups is 1. The van der Waals surface area contributed by atoms with Crippen molar-refractivity contribution in [1.29, 1.82) is 5.26 Å². The zero-order chi connectivity index (χ0) is 29.5. The minimum Gasteiger partial charge on any atom is -0.413 e. The topological polar surface area (TPSA) is 131 Å². The van der Waals surface area contributed by atoms with Crippen LogP contribution in [0, 0.1) is 11.3 Å². The van der Waals surface area contributed by atoms with Crippen LogP contribution in [0.25, 0.3) is 5.52 Å². The average molecular weight is 582 g/mol. The summed E-state index contributed by atoms with van der Waals surface area (Å²) >= 11 is 0. The Balaban J connectivity index is 1.75. The van der Waals surface area contributed by atoms with Crippen molar-refractivity contribution in [2.24, 2.45) is 0 Å². The number of nitrogens with zero attached hydrogens (tertiary/aromatic N) is 4. The molecule has 1 aliphatic rings. The van der Waals surface area contributed by atoms with Gasteiger partial charge in [0.05, 0.1) is 12.3 Å². The first-order valence-electron chi connectivity index (χ1n) is 13.4. The van der Waals surface area contributed by atoms with E-state index in [1.165, 1.54) is 6.33 Å². The van der Waals surface area contributed by atoms with Gasteiger partial charge >= 0.3 is 0 Å². The Hall–Kier alpha value is -2.93. The summed E-state index contributed by atoms with van der Waals surface area (Å²) in [5.74, 6) is 0.0201. The fraction of sp³-hybridized carbons (Fsp3) is 0.500. The first-order valence-corrected chi connectivity index (χ1v) is 19.7. The van der Waals surface area contributed by atoms with E-state index in [0.717, 1.165) is 0 Å². The summed E-state index contributed by atoms with van der Waals surface area (Å²) in [6, 6.07) is 14.7. The SMILES string of the molecule is CC(C)(C)[Si](C)(C)O[C@H]1[C@H](c2ccc3c(NC(=O)c4ccccc4)ncnn23)OC(C#N)(CO[Si](C)(C)C)[C@H]1O. The van der Waals surface area contributed by atoms with E-state index >= 15 is 0 Å². The highest BCUT2D eigenvalue weighted by Gasteiger charge is 2.59. The van der Waals surface area contributed by atoms with Gasteiger partial charge in [-0.3, -0.25) is 4.79 Å². The number of hydrogen-bond acceptors (Lipinski definition) is 8. The van der Waals surface area contributed by atoms with Crippen LogP contribution in [0.1, 0.15) is 42.9 Å². The number of carbonyl (C=O) groups is 1. The summed E-state index contributed by atoms with van der Waals surface area (Å²) in [7, 11) is -4.46. The Morgan fingerprint density at radius 1 is 1.18 bits per heavy atom. The Morgan fingerprint density at radius 2 is 1.85 bits per heavy atom. The summed E-state index contributed by atoms with van der Waals surface area (Å²) in [5, 5.41) is 29.1. The molecular weight excluding hydrogens is 543 g/mol. The quantitative estimate of drug-likeness (QED) is 0.359. The number of ether oxygens (including phenoxy) is 1. The highest BCUT2D eigenvalue weighted by molar-refractivity contribution is 6.74. The molecule has 3 heterocycles. The molecule has 1 amide bonds. The minimum atomic E-state index is -2.42. The molecule has 1 saturated heterocycles. The molecule has 1 aliphatic heterocycles. The zero-order valence-electron chi connectivity index (χ0n) is 24.4. The molecule has 3 aromatic rings. The maximum absolute atomic E-state index is 12.8. The summed E-state index contributed by atoms with van der Waals surface area (Å²) in [5.41, 5.74) is -0.0175. The van der Waals surface area contributed by atoms with Crippen LogP contribution < -0.4 is 5.32 Å². The summed E-state index contributed by atoms with van der Waals surface area (Å²) in [6.45, 7) is 16.5. The van der Waals surface area contributed by atoms with Gasteiger partial charge < -0.3 is 24.0 Å².